The number of rotatable bonds is 3. The van der Waals surface area contributed by atoms with Gasteiger partial charge in [0.25, 0.3) is 0 Å². The van der Waals surface area contributed by atoms with Crippen molar-refractivity contribution in [3.63, 3.8) is 0 Å². The van der Waals surface area contributed by atoms with E-state index in [1.54, 1.807) is 0 Å². The maximum Gasteiger partial charge on any atom is 0.131 e. The highest BCUT2D eigenvalue weighted by atomic mass is 15.2. The zero-order valence-corrected chi connectivity index (χ0v) is 7.88. The van der Waals surface area contributed by atoms with Crippen molar-refractivity contribution in [2.24, 2.45) is 4.99 Å². The quantitative estimate of drug-likeness (QED) is 0.584. The third-order valence-electron chi connectivity index (χ3n) is 2.01. The van der Waals surface area contributed by atoms with E-state index in [4.69, 9.17) is 0 Å². The number of nitrogens with zero attached hydrogens (tertiary/aromatic N) is 2. The highest BCUT2D eigenvalue weighted by molar-refractivity contribution is 5.59. The maximum atomic E-state index is 4.38. The van der Waals surface area contributed by atoms with E-state index in [0.29, 0.717) is 0 Å². The van der Waals surface area contributed by atoms with Crippen molar-refractivity contribution in [1.82, 2.24) is 4.90 Å². The Morgan fingerprint density at radius 1 is 1.67 bits per heavy atom. The molecule has 0 fully saturated rings. The smallest absolute Gasteiger partial charge is 0.131 e. The summed E-state index contributed by atoms with van der Waals surface area (Å²) in [4.78, 5) is 6.55. The van der Waals surface area contributed by atoms with Crippen molar-refractivity contribution in [2.75, 3.05) is 13.6 Å². The van der Waals surface area contributed by atoms with Crippen molar-refractivity contribution in [2.45, 2.75) is 19.8 Å². The van der Waals surface area contributed by atoms with Gasteiger partial charge in [0.05, 0.1) is 0 Å². The van der Waals surface area contributed by atoms with Crippen LogP contribution in [0, 0.1) is 0 Å². The Balaban J connectivity index is 2.80. The first kappa shape index (κ1) is 9.04. The summed E-state index contributed by atoms with van der Waals surface area (Å²) in [6, 6.07) is 0. The van der Waals surface area contributed by atoms with Gasteiger partial charge in [-0.25, -0.2) is 4.99 Å². The lowest BCUT2D eigenvalue weighted by molar-refractivity contribution is 0.455. The van der Waals surface area contributed by atoms with Crippen LogP contribution in [0.2, 0.25) is 0 Å². The summed E-state index contributed by atoms with van der Waals surface area (Å²) in [5, 5.41) is 0. The summed E-state index contributed by atoms with van der Waals surface area (Å²) in [5.74, 6) is 1.09. The molecule has 0 bridgehead atoms. The first-order valence-corrected chi connectivity index (χ1v) is 4.38. The molecular weight excluding hydrogens is 148 g/mol. The van der Waals surface area contributed by atoms with E-state index in [2.05, 4.69) is 30.4 Å². The van der Waals surface area contributed by atoms with Crippen LogP contribution >= 0.6 is 0 Å². The fraction of sp³-hybridized carbons (Fsp3) is 0.500. The predicted molar refractivity (Wildman–Crippen MR) is 53.3 cm³/mol. The summed E-state index contributed by atoms with van der Waals surface area (Å²) in [5.41, 5.74) is 1.27. The van der Waals surface area contributed by atoms with E-state index in [9.17, 15) is 0 Å². The summed E-state index contributed by atoms with van der Waals surface area (Å²) in [7, 11) is 2.07. The van der Waals surface area contributed by atoms with E-state index in [1.165, 1.54) is 5.57 Å². The summed E-state index contributed by atoms with van der Waals surface area (Å²) in [6.07, 6.45) is 5.92. The molecular formula is C10H16N2. The number of aliphatic imine (C=N–C) groups is 1. The van der Waals surface area contributed by atoms with Gasteiger partial charge in [-0.1, -0.05) is 19.6 Å². The van der Waals surface area contributed by atoms with Crippen molar-refractivity contribution in [3.05, 3.63) is 24.0 Å². The average molecular weight is 164 g/mol. The van der Waals surface area contributed by atoms with Crippen LogP contribution in [0.25, 0.3) is 0 Å². The fourth-order valence-electron chi connectivity index (χ4n) is 1.30. The molecule has 1 aliphatic heterocycles. The van der Waals surface area contributed by atoms with Crippen LogP contribution in [-0.4, -0.2) is 24.7 Å². The SMILES string of the molecule is C=CC1=C(/N=C\CC)N(C)CC1. The molecule has 66 valence electrons. The van der Waals surface area contributed by atoms with Crippen LogP contribution in [0.5, 0.6) is 0 Å². The van der Waals surface area contributed by atoms with Crippen LogP contribution in [-0.2, 0) is 0 Å². The topological polar surface area (TPSA) is 15.6 Å². The lowest BCUT2D eigenvalue weighted by atomic mass is 10.2. The first-order chi connectivity index (χ1) is 5.79. The van der Waals surface area contributed by atoms with Gasteiger partial charge >= 0.3 is 0 Å². The van der Waals surface area contributed by atoms with Gasteiger partial charge in [0.1, 0.15) is 5.82 Å². The van der Waals surface area contributed by atoms with Crippen molar-refractivity contribution < 1.29 is 0 Å². The lowest BCUT2D eigenvalue weighted by Crippen LogP contribution is -2.11. The zero-order chi connectivity index (χ0) is 8.97. The van der Waals surface area contributed by atoms with E-state index >= 15 is 0 Å². The van der Waals surface area contributed by atoms with Crippen molar-refractivity contribution in [3.8, 4) is 0 Å². The third kappa shape index (κ3) is 1.76. The number of hydrogen-bond acceptors (Lipinski definition) is 2. The average Bonchev–Trinajstić information content (AvgIpc) is 2.43. The number of hydrogen-bond donors (Lipinski definition) is 0. The van der Waals surface area contributed by atoms with E-state index in [0.717, 1.165) is 25.2 Å². The minimum Gasteiger partial charge on any atom is -0.359 e. The molecule has 12 heavy (non-hydrogen) atoms. The van der Waals surface area contributed by atoms with Gasteiger partial charge in [-0.2, -0.15) is 0 Å². The summed E-state index contributed by atoms with van der Waals surface area (Å²) in [6.45, 7) is 6.93. The maximum absolute atomic E-state index is 4.38. The highest BCUT2D eigenvalue weighted by Gasteiger charge is 2.15. The Morgan fingerprint density at radius 2 is 2.42 bits per heavy atom. The molecule has 0 spiro atoms. The Kier molecular flexibility index (Phi) is 3.09. The molecule has 0 amide bonds. The molecule has 0 saturated heterocycles. The zero-order valence-electron chi connectivity index (χ0n) is 7.88. The van der Waals surface area contributed by atoms with E-state index in [1.807, 2.05) is 12.3 Å². The van der Waals surface area contributed by atoms with Gasteiger partial charge in [0.15, 0.2) is 0 Å². The van der Waals surface area contributed by atoms with Crippen LogP contribution in [0.3, 0.4) is 0 Å². The molecule has 0 aromatic heterocycles. The lowest BCUT2D eigenvalue weighted by Gasteiger charge is -2.11. The standard InChI is InChI=1S/C10H16N2/c1-4-7-11-10-9(5-2)6-8-12(10)3/h5,7H,2,4,6,8H2,1,3H3/b11-7-. The molecule has 0 aliphatic carbocycles. The van der Waals surface area contributed by atoms with Gasteiger partial charge in [0.2, 0.25) is 0 Å². The molecule has 0 saturated carbocycles. The van der Waals surface area contributed by atoms with Gasteiger partial charge in [-0.05, 0) is 18.4 Å². The Hall–Kier alpha value is -1.05. The van der Waals surface area contributed by atoms with Crippen LogP contribution in [0.1, 0.15) is 19.8 Å². The van der Waals surface area contributed by atoms with Gasteiger partial charge in [-0.15, -0.1) is 0 Å². The van der Waals surface area contributed by atoms with Crippen molar-refractivity contribution >= 4 is 6.21 Å². The molecule has 1 aliphatic rings. The molecule has 1 heterocycles. The Morgan fingerprint density at radius 3 is 3.00 bits per heavy atom. The second kappa shape index (κ2) is 4.10. The van der Waals surface area contributed by atoms with Crippen LogP contribution in [0.15, 0.2) is 29.0 Å². The van der Waals surface area contributed by atoms with Gasteiger partial charge < -0.3 is 4.90 Å². The largest absolute Gasteiger partial charge is 0.359 e. The minimum absolute atomic E-state index is 0.988. The van der Waals surface area contributed by atoms with Crippen LogP contribution in [0.4, 0.5) is 0 Å². The van der Waals surface area contributed by atoms with Gasteiger partial charge in [-0.3, -0.25) is 0 Å². The Bertz CT molecular complexity index is 226. The molecule has 0 N–H and O–H groups in total. The van der Waals surface area contributed by atoms with E-state index < -0.39 is 0 Å². The summed E-state index contributed by atoms with van der Waals surface area (Å²) >= 11 is 0. The highest BCUT2D eigenvalue weighted by Crippen LogP contribution is 2.22. The molecule has 0 unspecified atom stereocenters. The first-order valence-electron chi connectivity index (χ1n) is 4.38. The molecule has 2 heteroatoms. The third-order valence-corrected chi connectivity index (χ3v) is 2.01. The van der Waals surface area contributed by atoms with E-state index in [-0.39, 0.29) is 0 Å². The monoisotopic (exact) mass is 164 g/mol. The second-order valence-corrected chi connectivity index (χ2v) is 2.94. The normalized spacial score (nSPS) is 18.0. The number of allylic oxidation sites excluding steroid dienone is 1. The molecule has 0 atom stereocenters. The van der Waals surface area contributed by atoms with Gasteiger partial charge in [0, 0.05) is 19.8 Å². The summed E-state index contributed by atoms with van der Waals surface area (Å²) < 4.78 is 0. The minimum atomic E-state index is 0.988. The Labute approximate surface area is 74.3 Å². The fourth-order valence-corrected chi connectivity index (χ4v) is 1.30. The van der Waals surface area contributed by atoms with Crippen LogP contribution < -0.4 is 0 Å². The molecule has 0 radical (unpaired) electrons. The van der Waals surface area contributed by atoms with Crippen molar-refractivity contribution in [1.29, 1.82) is 0 Å². The molecule has 1 rings (SSSR count). The molecule has 0 aromatic rings. The predicted octanol–water partition coefficient (Wildman–Crippen LogP) is 2.20. The molecule has 0 aromatic carbocycles. The molecule has 2 nitrogen and oxygen atoms in total. The second-order valence-electron chi connectivity index (χ2n) is 2.94.